The maximum Gasteiger partial charge on any atom is 3.00 e. The van der Waals surface area contributed by atoms with Crippen molar-refractivity contribution in [2.24, 2.45) is 0 Å². The summed E-state index contributed by atoms with van der Waals surface area (Å²) >= 11 is 0. The van der Waals surface area contributed by atoms with Crippen molar-refractivity contribution in [3.63, 3.8) is 0 Å². The van der Waals surface area contributed by atoms with Crippen LogP contribution in [0, 0.1) is 18.9 Å². The van der Waals surface area contributed by atoms with Gasteiger partial charge in [-0.3, -0.25) is 6.08 Å². The Morgan fingerprint density at radius 2 is 1.50 bits per heavy atom. The SMILES string of the molecule is C[CH-]C.C[CH-]C.[C-]1=CC=CC1.[Mn+3]. The van der Waals surface area contributed by atoms with Crippen LogP contribution < -0.4 is 0 Å². The summed E-state index contributed by atoms with van der Waals surface area (Å²) in [6, 6.07) is 0. The largest absolute Gasteiger partial charge is 3.00 e. The van der Waals surface area contributed by atoms with E-state index in [4.69, 9.17) is 0 Å². The molecule has 0 saturated heterocycles. The average molecular weight is 206 g/mol. The van der Waals surface area contributed by atoms with Crippen molar-refractivity contribution in [3.8, 4) is 0 Å². The minimum Gasteiger partial charge on any atom is -0.335 e. The van der Waals surface area contributed by atoms with Crippen LogP contribution in [0.3, 0.4) is 0 Å². The van der Waals surface area contributed by atoms with E-state index in [1.54, 1.807) is 0 Å². The first-order valence-corrected chi connectivity index (χ1v) is 4.03. The molecule has 0 aliphatic heterocycles. The van der Waals surface area contributed by atoms with Gasteiger partial charge < -0.3 is 12.8 Å². The molecule has 1 aliphatic rings. The Morgan fingerprint density at radius 1 is 1.08 bits per heavy atom. The van der Waals surface area contributed by atoms with E-state index < -0.39 is 0 Å². The van der Waals surface area contributed by atoms with Gasteiger partial charge in [-0.05, 0) is 0 Å². The maximum absolute atomic E-state index is 2.99. The summed E-state index contributed by atoms with van der Waals surface area (Å²) in [6.07, 6.45) is 14.0. The summed E-state index contributed by atoms with van der Waals surface area (Å²) in [5.74, 6) is 0. The van der Waals surface area contributed by atoms with Crippen LogP contribution >= 0.6 is 0 Å². The van der Waals surface area contributed by atoms with Crippen molar-refractivity contribution in [2.45, 2.75) is 34.1 Å². The van der Waals surface area contributed by atoms with Gasteiger partial charge in [0.05, 0.1) is 0 Å². The van der Waals surface area contributed by atoms with Gasteiger partial charge in [0.25, 0.3) is 0 Å². The third kappa shape index (κ3) is 32.4. The molecule has 0 heterocycles. The molecule has 0 spiro atoms. The van der Waals surface area contributed by atoms with Crippen LogP contribution in [0.4, 0.5) is 0 Å². The van der Waals surface area contributed by atoms with Gasteiger partial charge in [-0.15, -0.1) is 6.42 Å². The molecule has 0 bridgehead atoms. The molecular weight excluding hydrogens is 187 g/mol. The topological polar surface area (TPSA) is 0 Å². The van der Waals surface area contributed by atoms with Crippen LogP contribution in [-0.4, -0.2) is 0 Å². The molecule has 0 fully saturated rings. The first kappa shape index (κ1) is 17.9. The molecule has 0 aromatic heterocycles. The minimum atomic E-state index is 0. The second kappa shape index (κ2) is 22.4. The van der Waals surface area contributed by atoms with Crippen LogP contribution in [0.2, 0.25) is 0 Å². The molecular formula is C11H19Mn. The zero-order chi connectivity index (χ0) is 8.95. The van der Waals surface area contributed by atoms with Crippen molar-refractivity contribution in [3.05, 3.63) is 37.1 Å². The standard InChI is InChI=1S/C5H5.2C3H7.Mn/c1-2-4-5-3-1;2*1-3-2;/h1-3H,4H2;2*3H,1-2H3;/q3*-1;+3. The van der Waals surface area contributed by atoms with E-state index in [2.05, 4.69) is 12.2 Å². The van der Waals surface area contributed by atoms with Crippen LogP contribution in [-0.2, 0) is 17.1 Å². The molecule has 1 heteroatoms. The van der Waals surface area contributed by atoms with E-state index in [1.807, 2.05) is 52.7 Å². The van der Waals surface area contributed by atoms with Gasteiger partial charge in [0, 0.05) is 0 Å². The summed E-state index contributed by atoms with van der Waals surface area (Å²) < 4.78 is 0. The van der Waals surface area contributed by atoms with Gasteiger partial charge in [0.1, 0.15) is 0 Å². The predicted octanol–water partition coefficient (Wildman–Crippen LogP) is 3.76. The molecule has 0 aromatic carbocycles. The number of hydrogen-bond donors (Lipinski definition) is 0. The number of allylic oxidation sites excluding steroid dienone is 4. The first-order chi connectivity index (χ1) is 5.33. The molecule has 0 amide bonds. The molecule has 0 atom stereocenters. The van der Waals surface area contributed by atoms with Crippen LogP contribution in [0.5, 0.6) is 0 Å². The number of rotatable bonds is 0. The van der Waals surface area contributed by atoms with Crippen LogP contribution in [0.15, 0.2) is 18.2 Å². The molecule has 0 aromatic rings. The van der Waals surface area contributed by atoms with Crippen molar-refractivity contribution < 1.29 is 17.1 Å². The van der Waals surface area contributed by atoms with E-state index in [0.29, 0.717) is 0 Å². The normalized spacial score (nSPS) is 10.3. The molecule has 0 saturated carbocycles. The fraction of sp³-hybridized carbons (Fsp3) is 0.455. The molecule has 1 rings (SSSR count). The van der Waals surface area contributed by atoms with Crippen molar-refractivity contribution in [1.29, 1.82) is 0 Å². The fourth-order valence-corrected chi connectivity index (χ4v) is 0.340. The van der Waals surface area contributed by atoms with Gasteiger partial charge in [0.15, 0.2) is 0 Å². The van der Waals surface area contributed by atoms with Crippen molar-refractivity contribution in [1.82, 2.24) is 0 Å². The van der Waals surface area contributed by atoms with E-state index >= 15 is 0 Å². The van der Waals surface area contributed by atoms with E-state index in [-0.39, 0.29) is 17.1 Å². The Labute approximate surface area is 88.6 Å². The van der Waals surface area contributed by atoms with Gasteiger partial charge in [0.2, 0.25) is 0 Å². The molecule has 0 unspecified atom stereocenters. The van der Waals surface area contributed by atoms with E-state index in [1.165, 1.54) is 0 Å². The van der Waals surface area contributed by atoms with Gasteiger partial charge in [-0.25, -0.2) is 12.2 Å². The first-order valence-electron chi connectivity index (χ1n) is 4.03. The fourth-order valence-electron chi connectivity index (χ4n) is 0.340. The third-order valence-corrected chi connectivity index (χ3v) is 0.586. The van der Waals surface area contributed by atoms with Crippen molar-refractivity contribution in [2.75, 3.05) is 0 Å². The Kier molecular flexibility index (Phi) is 33.5. The third-order valence-electron chi connectivity index (χ3n) is 0.586. The zero-order valence-electron chi connectivity index (χ0n) is 8.47. The molecule has 0 radical (unpaired) electrons. The van der Waals surface area contributed by atoms with E-state index in [9.17, 15) is 0 Å². The summed E-state index contributed by atoms with van der Waals surface area (Å²) in [6.45, 7) is 8.00. The quantitative estimate of drug-likeness (QED) is 0.418. The smallest absolute Gasteiger partial charge is 0.335 e. The number of hydrogen-bond acceptors (Lipinski definition) is 0. The molecule has 0 nitrogen and oxygen atoms in total. The van der Waals surface area contributed by atoms with Crippen molar-refractivity contribution >= 4 is 0 Å². The Hall–Kier alpha value is -0.000519. The molecule has 1 aliphatic carbocycles. The Morgan fingerprint density at radius 3 is 1.58 bits per heavy atom. The van der Waals surface area contributed by atoms with Gasteiger partial charge in [-0.2, -0.15) is 33.8 Å². The summed E-state index contributed by atoms with van der Waals surface area (Å²) in [4.78, 5) is 0. The average Bonchev–Trinajstić information content (AvgIpc) is 2.44. The van der Waals surface area contributed by atoms with Crippen LogP contribution in [0.1, 0.15) is 34.1 Å². The van der Waals surface area contributed by atoms with E-state index in [0.717, 1.165) is 6.42 Å². The molecule has 12 heavy (non-hydrogen) atoms. The van der Waals surface area contributed by atoms with Crippen LogP contribution in [0.25, 0.3) is 0 Å². The Bertz CT molecular complexity index is 81.2. The molecule has 70 valence electrons. The molecule has 0 N–H and O–H groups in total. The monoisotopic (exact) mass is 206 g/mol. The Balaban J connectivity index is -0.000000104. The summed E-state index contributed by atoms with van der Waals surface area (Å²) in [5.41, 5.74) is 0. The predicted molar refractivity (Wildman–Crippen MR) is 52.9 cm³/mol. The summed E-state index contributed by atoms with van der Waals surface area (Å²) in [5, 5.41) is 0. The zero-order valence-corrected chi connectivity index (χ0v) is 9.65. The second-order valence-corrected chi connectivity index (χ2v) is 2.16. The van der Waals surface area contributed by atoms with Gasteiger partial charge >= 0.3 is 17.1 Å². The minimum absolute atomic E-state index is 0. The maximum atomic E-state index is 2.99. The van der Waals surface area contributed by atoms with Gasteiger partial charge in [-0.1, -0.05) is 0 Å². The second-order valence-electron chi connectivity index (χ2n) is 2.16. The summed E-state index contributed by atoms with van der Waals surface area (Å²) in [7, 11) is 0.